The maximum atomic E-state index is 5.79. The molecule has 1 aromatic heterocycles. The second-order valence-electron chi connectivity index (χ2n) is 4.71. The minimum absolute atomic E-state index is 0.543. The Morgan fingerprint density at radius 3 is 2.58 bits per heavy atom. The molecule has 0 atom stereocenters. The third-order valence-electron chi connectivity index (χ3n) is 2.99. The molecule has 5 nitrogen and oxygen atoms in total. The maximum absolute atomic E-state index is 5.79. The molecule has 1 rings (SSSR count). The molecule has 108 valence electrons. The number of aryl methyl sites for hydroxylation is 1. The number of nitrogens with two attached hydrogens (primary N) is 1. The van der Waals surface area contributed by atoms with E-state index in [4.69, 9.17) is 5.73 Å². The van der Waals surface area contributed by atoms with Crippen LogP contribution in [0.5, 0.6) is 0 Å². The number of hydrogen-bond donors (Lipinski definition) is 2. The van der Waals surface area contributed by atoms with E-state index in [1.807, 2.05) is 0 Å². The van der Waals surface area contributed by atoms with Crippen LogP contribution in [0.3, 0.4) is 0 Å². The van der Waals surface area contributed by atoms with Crippen molar-refractivity contribution in [1.29, 1.82) is 0 Å². The number of hydrogen-bond acceptors (Lipinski definition) is 5. The Morgan fingerprint density at radius 1 is 1.16 bits per heavy atom. The van der Waals surface area contributed by atoms with Gasteiger partial charge in [0, 0.05) is 25.6 Å². The summed E-state index contributed by atoms with van der Waals surface area (Å²) in [6.45, 7) is 10.7. The molecule has 0 saturated carbocycles. The Hall–Kier alpha value is -1.36. The molecule has 1 heterocycles. The van der Waals surface area contributed by atoms with E-state index in [9.17, 15) is 0 Å². The highest BCUT2D eigenvalue weighted by Crippen LogP contribution is 2.09. The molecule has 0 bridgehead atoms. The fourth-order valence-corrected chi connectivity index (χ4v) is 2.03. The first kappa shape index (κ1) is 15.7. The molecular formula is C14H27N5. The molecule has 19 heavy (non-hydrogen) atoms. The molecule has 1 aromatic rings. The van der Waals surface area contributed by atoms with Gasteiger partial charge in [-0.15, -0.1) is 0 Å². The molecule has 0 spiro atoms. The summed E-state index contributed by atoms with van der Waals surface area (Å²) in [5.74, 6) is 2.20. The van der Waals surface area contributed by atoms with E-state index in [0.717, 1.165) is 50.7 Å². The van der Waals surface area contributed by atoms with Crippen molar-refractivity contribution in [1.82, 2.24) is 14.9 Å². The second-order valence-corrected chi connectivity index (χ2v) is 4.71. The second kappa shape index (κ2) is 8.69. The van der Waals surface area contributed by atoms with Crippen molar-refractivity contribution in [3.8, 4) is 0 Å². The van der Waals surface area contributed by atoms with E-state index in [2.05, 4.69) is 41.0 Å². The van der Waals surface area contributed by atoms with Crippen LogP contribution in [0.25, 0.3) is 0 Å². The summed E-state index contributed by atoms with van der Waals surface area (Å²) >= 11 is 0. The molecule has 0 saturated heterocycles. The summed E-state index contributed by atoms with van der Waals surface area (Å²) in [5.41, 5.74) is 5.79. The van der Waals surface area contributed by atoms with Gasteiger partial charge in [-0.25, -0.2) is 9.97 Å². The molecule has 0 fully saturated rings. The number of aromatic nitrogens is 2. The van der Waals surface area contributed by atoms with Crippen LogP contribution in [-0.4, -0.2) is 41.0 Å². The Kier molecular flexibility index (Phi) is 7.18. The van der Waals surface area contributed by atoms with Crippen LogP contribution < -0.4 is 11.1 Å². The fourth-order valence-electron chi connectivity index (χ4n) is 2.03. The first-order chi connectivity index (χ1) is 9.19. The highest BCUT2D eigenvalue weighted by Gasteiger charge is 2.03. The standard InChI is InChI=1S/C14H27N5/c1-4-7-13-17-12(15)11-14(18-13)16-8-10-19(6-3)9-5-2/h11H,4-10H2,1-3H3,(H3,15,16,17,18). The Balaban J connectivity index is 2.48. The lowest BCUT2D eigenvalue weighted by atomic mass is 10.3. The minimum atomic E-state index is 0.543. The van der Waals surface area contributed by atoms with E-state index in [0.29, 0.717) is 5.82 Å². The van der Waals surface area contributed by atoms with Gasteiger partial charge >= 0.3 is 0 Å². The van der Waals surface area contributed by atoms with E-state index in [1.165, 1.54) is 6.42 Å². The van der Waals surface area contributed by atoms with E-state index in [1.54, 1.807) is 6.07 Å². The summed E-state index contributed by atoms with van der Waals surface area (Å²) in [5, 5.41) is 3.33. The summed E-state index contributed by atoms with van der Waals surface area (Å²) < 4.78 is 0. The van der Waals surface area contributed by atoms with Crippen LogP contribution in [0.2, 0.25) is 0 Å². The van der Waals surface area contributed by atoms with Gasteiger partial charge in [-0.1, -0.05) is 20.8 Å². The number of likely N-dealkylation sites (N-methyl/N-ethyl adjacent to an activating group) is 1. The molecule has 0 amide bonds. The van der Waals surface area contributed by atoms with Gasteiger partial charge in [-0.2, -0.15) is 0 Å². The van der Waals surface area contributed by atoms with Crippen LogP contribution >= 0.6 is 0 Å². The van der Waals surface area contributed by atoms with Crippen LogP contribution in [-0.2, 0) is 6.42 Å². The first-order valence-corrected chi connectivity index (χ1v) is 7.29. The smallest absolute Gasteiger partial charge is 0.133 e. The summed E-state index contributed by atoms with van der Waals surface area (Å²) in [7, 11) is 0. The minimum Gasteiger partial charge on any atom is -0.384 e. The first-order valence-electron chi connectivity index (χ1n) is 7.29. The highest BCUT2D eigenvalue weighted by atomic mass is 15.1. The van der Waals surface area contributed by atoms with Gasteiger partial charge in [0.1, 0.15) is 17.5 Å². The largest absolute Gasteiger partial charge is 0.384 e. The lowest BCUT2D eigenvalue weighted by molar-refractivity contribution is 0.300. The highest BCUT2D eigenvalue weighted by molar-refractivity contribution is 5.44. The lowest BCUT2D eigenvalue weighted by Crippen LogP contribution is -2.29. The molecule has 0 aromatic carbocycles. The molecular weight excluding hydrogens is 238 g/mol. The van der Waals surface area contributed by atoms with Gasteiger partial charge in [0.25, 0.3) is 0 Å². The van der Waals surface area contributed by atoms with Crippen molar-refractivity contribution >= 4 is 11.6 Å². The SMILES string of the molecule is CCCc1nc(N)cc(NCCN(CC)CCC)n1. The van der Waals surface area contributed by atoms with Crippen LogP contribution in [0.15, 0.2) is 6.07 Å². The molecule has 0 unspecified atom stereocenters. The van der Waals surface area contributed by atoms with E-state index < -0.39 is 0 Å². The van der Waals surface area contributed by atoms with Crippen molar-refractivity contribution in [2.24, 2.45) is 0 Å². The number of nitrogens with one attached hydrogen (secondary N) is 1. The molecule has 5 heteroatoms. The maximum Gasteiger partial charge on any atom is 0.133 e. The van der Waals surface area contributed by atoms with Crippen molar-refractivity contribution < 1.29 is 0 Å². The molecule has 0 radical (unpaired) electrons. The van der Waals surface area contributed by atoms with Crippen LogP contribution in [0.4, 0.5) is 11.6 Å². The zero-order chi connectivity index (χ0) is 14.1. The Labute approximate surface area is 116 Å². The van der Waals surface area contributed by atoms with Crippen molar-refractivity contribution in [2.45, 2.75) is 40.0 Å². The quantitative estimate of drug-likeness (QED) is 0.716. The summed E-state index contributed by atoms with van der Waals surface area (Å²) in [6.07, 6.45) is 3.09. The summed E-state index contributed by atoms with van der Waals surface area (Å²) in [4.78, 5) is 11.1. The normalized spacial score (nSPS) is 10.9. The Bertz CT molecular complexity index is 367. The topological polar surface area (TPSA) is 67.1 Å². The van der Waals surface area contributed by atoms with Gasteiger partial charge in [0.05, 0.1) is 0 Å². The third-order valence-corrected chi connectivity index (χ3v) is 2.99. The number of rotatable bonds is 9. The average Bonchev–Trinajstić information content (AvgIpc) is 2.37. The summed E-state index contributed by atoms with van der Waals surface area (Å²) in [6, 6.07) is 1.80. The van der Waals surface area contributed by atoms with E-state index in [-0.39, 0.29) is 0 Å². The molecule has 0 aliphatic heterocycles. The van der Waals surface area contributed by atoms with Crippen LogP contribution in [0.1, 0.15) is 39.4 Å². The number of anilines is 2. The lowest BCUT2D eigenvalue weighted by Gasteiger charge is -2.19. The molecule has 3 N–H and O–H groups in total. The molecule has 0 aliphatic rings. The van der Waals surface area contributed by atoms with Crippen molar-refractivity contribution in [3.63, 3.8) is 0 Å². The van der Waals surface area contributed by atoms with Crippen LogP contribution in [0, 0.1) is 0 Å². The average molecular weight is 265 g/mol. The van der Waals surface area contributed by atoms with Gasteiger partial charge in [-0.05, 0) is 25.9 Å². The van der Waals surface area contributed by atoms with Crippen molar-refractivity contribution in [2.75, 3.05) is 37.2 Å². The van der Waals surface area contributed by atoms with Gasteiger partial charge in [0.2, 0.25) is 0 Å². The predicted molar refractivity (Wildman–Crippen MR) is 81.3 cm³/mol. The number of nitrogens with zero attached hydrogens (tertiary/aromatic N) is 3. The number of nitrogen functional groups attached to an aromatic ring is 1. The monoisotopic (exact) mass is 265 g/mol. The zero-order valence-electron chi connectivity index (χ0n) is 12.4. The molecule has 0 aliphatic carbocycles. The zero-order valence-corrected chi connectivity index (χ0v) is 12.4. The van der Waals surface area contributed by atoms with E-state index >= 15 is 0 Å². The van der Waals surface area contributed by atoms with Gasteiger partial charge in [-0.3, -0.25) is 0 Å². The van der Waals surface area contributed by atoms with Gasteiger partial charge < -0.3 is 16.0 Å². The Morgan fingerprint density at radius 2 is 1.95 bits per heavy atom. The fraction of sp³-hybridized carbons (Fsp3) is 0.714. The van der Waals surface area contributed by atoms with Gasteiger partial charge in [0.15, 0.2) is 0 Å². The predicted octanol–water partition coefficient (Wildman–Crippen LogP) is 2.16. The van der Waals surface area contributed by atoms with Crippen molar-refractivity contribution in [3.05, 3.63) is 11.9 Å². The third kappa shape index (κ3) is 5.87.